The van der Waals surface area contributed by atoms with Crippen LogP contribution in [0.2, 0.25) is 0 Å². The van der Waals surface area contributed by atoms with Crippen molar-refractivity contribution in [3.05, 3.63) is 409 Å². The summed E-state index contributed by atoms with van der Waals surface area (Å²) >= 11 is 12.6. The summed E-state index contributed by atoms with van der Waals surface area (Å²) in [7, 11) is -1.38. The summed E-state index contributed by atoms with van der Waals surface area (Å²) in [4.78, 5) is 4.78. The van der Waals surface area contributed by atoms with Gasteiger partial charge < -0.3 is 25.6 Å². The lowest BCUT2D eigenvalue weighted by molar-refractivity contribution is 0.426. The third-order valence-corrected chi connectivity index (χ3v) is 23.6. The zero-order chi connectivity index (χ0) is 73.8. The van der Waals surface area contributed by atoms with Crippen LogP contribution in [0.5, 0.6) is 0 Å². The van der Waals surface area contributed by atoms with E-state index in [2.05, 4.69) is 306 Å². The van der Waals surface area contributed by atoms with Gasteiger partial charge in [-0.3, -0.25) is 0 Å². The summed E-state index contributed by atoms with van der Waals surface area (Å²) in [5.41, 5.74) is 42.9. The Morgan fingerprint density at radius 3 is 0.897 bits per heavy atom. The SMILES string of the molecule is Brc1ccc(I)cc1.Brc1ccc(N(c2ccc3c(c2)CC3)c2ccc3c(c2)CC3)cc1.Brc1ccc2c(c1)CC2.C=Cc1ccc(-c2ccc(N(c3ccc4c(c3)CC4)c3ccc4c(c3)CC4)cc2)cc1.C=Cc1ccc(B(O)O)cc1.Nc1ccccc1.c1cc2c(cc1Cc1ccc3c(c1)CC3)CC2. The molecule has 20 rings (SSSR count). The summed E-state index contributed by atoms with van der Waals surface area (Å²) in [6.07, 6.45) is 22.1. The third-order valence-electron chi connectivity index (χ3n) is 21.3. The molecule has 0 aliphatic heterocycles. The monoisotopic (exact) mass is 1700 g/mol. The van der Waals surface area contributed by atoms with Crippen LogP contribution in [-0.2, 0) is 96.3 Å². The van der Waals surface area contributed by atoms with E-state index in [0.29, 0.717) is 5.46 Å². The lowest BCUT2D eigenvalue weighted by Gasteiger charge is -2.30. The van der Waals surface area contributed by atoms with Gasteiger partial charge >= 0.3 is 7.12 Å². The van der Waals surface area contributed by atoms with Crippen molar-refractivity contribution < 1.29 is 10.0 Å². The molecule has 0 amide bonds. The fourth-order valence-corrected chi connectivity index (χ4v) is 15.5. The first-order valence-corrected chi connectivity index (χ1v) is 40.6. The van der Waals surface area contributed by atoms with Crippen LogP contribution < -0.4 is 21.0 Å². The van der Waals surface area contributed by atoms with E-state index in [1.165, 1.54) is 210 Å². The number of anilines is 7. The number of halogens is 4. The maximum atomic E-state index is 8.72. The van der Waals surface area contributed by atoms with Crippen molar-refractivity contribution in [2.24, 2.45) is 0 Å². The molecule has 0 fully saturated rings. The highest BCUT2D eigenvalue weighted by Gasteiger charge is 2.24. The Morgan fingerprint density at radius 2 is 0.607 bits per heavy atom. The largest absolute Gasteiger partial charge is 0.488 e. The van der Waals surface area contributed by atoms with Gasteiger partial charge in [-0.1, -0.05) is 219 Å². The van der Waals surface area contributed by atoms with Gasteiger partial charge in [-0.25, -0.2) is 0 Å². The first-order chi connectivity index (χ1) is 52.2. The summed E-state index contributed by atoms with van der Waals surface area (Å²) in [5.74, 6) is 0. The highest BCUT2D eigenvalue weighted by atomic mass is 127. The lowest BCUT2D eigenvalue weighted by Crippen LogP contribution is -2.29. The third kappa shape index (κ3) is 18.9. The molecule has 10 heteroatoms. The number of nitrogen functional groups attached to an aromatic ring is 1. The van der Waals surface area contributed by atoms with Gasteiger partial charge in [0.1, 0.15) is 0 Å². The molecule has 7 aliphatic carbocycles. The van der Waals surface area contributed by atoms with Crippen LogP contribution in [0.15, 0.2) is 306 Å². The highest BCUT2D eigenvalue weighted by molar-refractivity contribution is 14.1. The van der Waals surface area contributed by atoms with Gasteiger partial charge in [0.2, 0.25) is 0 Å². The second-order valence-electron chi connectivity index (χ2n) is 28.2. The minimum atomic E-state index is -1.38. The summed E-state index contributed by atoms with van der Waals surface area (Å²) in [6.45, 7) is 7.43. The van der Waals surface area contributed by atoms with Gasteiger partial charge in [0.05, 0.1) is 0 Å². The highest BCUT2D eigenvalue weighted by Crippen LogP contribution is 2.43. The molecule has 532 valence electrons. The van der Waals surface area contributed by atoms with Gasteiger partial charge in [-0.2, -0.15) is 0 Å². The van der Waals surface area contributed by atoms with Gasteiger partial charge in [0, 0.05) is 56.8 Å². The fourth-order valence-electron chi connectivity index (χ4n) is 14.2. The Bertz CT molecular complexity index is 5090. The predicted molar refractivity (Wildman–Crippen MR) is 471 cm³/mol. The Morgan fingerprint density at radius 1 is 0.318 bits per heavy atom. The Kier molecular flexibility index (Phi) is 24.7. The number of benzene rings is 13. The van der Waals surface area contributed by atoms with Gasteiger partial charge in [-0.15, -0.1) is 0 Å². The second kappa shape index (κ2) is 35.3. The quantitative estimate of drug-likeness (QED) is 0.0646. The topological polar surface area (TPSA) is 73.0 Å². The van der Waals surface area contributed by atoms with Crippen molar-refractivity contribution in [2.75, 3.05) is 15.5 Å². The number of nitrogens with two attached hydrogens (primary N) is 1. The molecule has 107 heavy (non-hydrogen) atoms. The van der Waals surface area contributed by atoms with Crippen molar-refractivity contribution in [3.8, 4) is 11.1 Å². The molecule has 0 atom stereocenters. The van der Waals surface area contributed by atoms with Crippen molar-refractivity contribution in [1.82, 2.24) is 0 Å². The van der Waals surface area contributed by atoms with Gasteiger partial charge in [-0.05, 0) is 369 Å². The molecule has 0 saturated heterocycles. The Hall–Kier alpha value is -9.11. The van der Waals surface area contributed by atoms with E-state index in [-0.39, 0.29) is 0 Å². The molecular formula is C97H86BBr3IN3O2. The van der Waals surface area contributed by atoms with Crippen molar-refractivity contribution in [3.63, 3.8) is 0 Å². The van der Waals surface area contributed by atoms with Crippen LogP contribution in [0.25, 0.3) is 23.3 Å². The molecule has 0 heterocycles. The number of aryl methyl sites for hydroxylation is 14. The number of nitrogens with zero attached hydrogens (tertiary/aromatic N) is 2. The second-order valence-corrected chi connectivity index (χ2v) is 32.2. The molecule has 7 aliphatic rings. The minimum absolute atomic E-state index is 0.496. The van der Waals surface area contributed by atoms with E-state index in [1.54, 1.807) is 52.6 Å². The standard InChI is InChI=1S/C30H25N.C22H18BrN.C17H16.C8H9BO2.C8H7Br.C6H4BrI.C6H7N/c1-2-21-3-5-22(6-4-21)23-11-15-28(16-12-23)31(29-17-13-24-7-9-26(24)19-29)30-18-14-25-8-10-27(25)20-30;23-19-7-11-20(12-8-19)24(21-9-5-15-1-3-17(15)13-21)22-10-6-16-2-4-18(16)14-22;1-3-14-5-7-16(14)10-12(1)9-13-2-4-15-6-8-17(15)11-13;1-2-7-3-5-8(6-4-7)9(10)11;9-8-4-3-6-1-2-7(6)5-8;7-5-1-3-6(8)4-2-5;7-6-4-2-1-3-5-6/h2-6,11-20H,1,7-10H2;5-14H,1-4H2;1-4,10-11H,5-9H2;2-6,10-11H,1H2;3-5H,1-2H2;1-4H;1-5H,7H2. The number of fused-ring (bicyclic) bond motifs is 7. The molecule has 5 nitrogen and oxygen atoms in total. The molecule has 0 bridgehead atoms. The maximum absolute atomic E-state index is 8.72. The molecule has 4 N–H and O–H groups in total. The van der Waals surface area contributed by atoms with Crippen LogP contribution in [-0.4, -0.2) is 17.2 Å². The molecule has 0 saturated carbocycles. The van der Waals surface area contributed by atoms with E-state index in [9.17, 15) is 0 Å². The van der Waals surface area contributed by atoms with Crippen LogP contribution >= 0.6 is 70.4 Å². The smallest absolute Gasteiger partial charge is 0.423 e. The minimum Gasteiger partial charge on any atom is -0.423 e. The van der Waals surface area contributed by atoms with Crippen LogP contribution in [0, 0.1) is 3.57 Å². The zero-order valence-electron chi connectivity index (χ0n) is 60.2. The average Bonchev–Trinajstić information content (AvgIpc) is 0.788. The Labute approximate surface area is 671 Å². The maximum Gasteiger partial charge on any atom is 0.488 e. The van der Waals surface area contributed by atoms with E-state index in [4.69, 9.17) is 15.8 Å². The zero-order valence-corrected chi connectivity index (χ0v) is 67.1. The van der Waals surface area contributed by atoms with Gasteiger partial charge in [0.15, 0.2) is 0 Å². The van der Waals surface area contributed by atoms with Crippen molar-refractivity contribution in [2.45, 2.75) is 96.3 Å². The number of hydrogen-bond donors (Lipinski definition) is 3. The normalized spacial score (nSPS) is 13.0. The number of hydrogen-bond acceptors (Lipinski definition) is 5. The summed E-state index contributed by atoms with van der Waals surface area (Å²) in [5, 5.41) is 17.4. The van der Waals surface area contributed by atoms with Crippen LogP contribution in [0.4, 0.5) is 39.8 Å². The first-order valence-electron chi connectivity index (χ1n) is 37.2. The van der Waals surface area contributed by atoms with Crippen LogP contribution in [0.1, 0.15) is 100 Å². The molecule has 13 aromatic rings. The summed E-state index contributed by atoms with van der Waals surface area (Å²) in [6, 6.07) is 98.9. The van der Waals surface area contributed by atoms with Gasteiger partial charge in [0.25, 0.3) is 0 Å². The van der Waals surface area contributed by atoms with E-state index in [0.717, 1.165) is 32.2 Å². The molecule has 0 aromatic heterocycles. The molecule has 13 aromatic carbocycles. The Balaban J connectivity index is 0.000000112. The average molecular weight is 1700 g/mol. The van der Waals surface area contributed by atoms with Crippen molar-refractivity contribution >= 4 is 135 Å². The lowest BCUT2D eigenvalue weighted by atomic mass is 9.80. The van der Waals surface area contributed by atoms with E-state index >= 15 is 0 Å². The molecular weight excluding hydrogens is 1620 g/mol. The van der Waals surface area contributed by atoms with Crippen LogP contribution in [0.3, 0.4) is 0 Å². The van der Waals surface area contributed by atoms with Crippen molar-refractivity contribution in [1.29, 1.82) is 0 Å². The fraction of sp³-hybridized carbons (Fsp3) is 0.155. The number of rotatable bonds is 12. The predicted octanol–water partition coefficient (Wildman–Crippen LogP) is 24.1. The molecule has 0 unspecified atom stereocenters. The number of para-hydroxylation sites is 1. The summed E-state index contributed by atoms with van der Waals surface area (Å²) < 4.78 is 4.73. The van der Waals surface area contributed by atoms with E-state index in [1.807, 2.05) is 48.5 Å². The molecule has 0 radical (unpaired) electrons. The van der Waals surface area contributed by atoms with E-state index < -0.39 is 7.12 Å². The first kappa shape index (κ1) is 74.7. The molecule has 0 spiro atoms.